The molecule has 1 aromatic rings. The van der Waals surface area contributed by atoms with Crippen LogP contribution in [0.3, 0.4) is 0 Å². The molecule has 1 unspecified atom stereocenters. The number of esters is 1. The normalized spacial score (nSPS) is 13.8. The zero-order valence-electron chi connectivity index (χ0n) is 14.0. The molecular formula is C17H23NO5. The van der Waals surface area contributed by atoms with Crippen molar-refractivity contribution < 1.29 is 23.8 Å². The monoisotopic (exact) mass is 321 g/mol. The number of rotatable bonds is 6. The lowest BCUT2D eigenvalue weighted by molar-refractivity contribution is -0.145. The van der Waals surface area contributed by atoms with E-state index < -0.39 is 0 Å². The lowest BCUT2D eigenvalue weighted by Crippen LogP contribution is -2.39. The molecule has 6 heteroatoms. The number of hydrogen-bond donors (Lipinski definition) is 0. The Morgan fingerprint density at radius 3 is 2.52 bits per heavy atom. The Bertz CT molecular complexity index is 584. The van der Waals surface area contributed by atoms with Gasteiger partial charge in [-0.25, -0.2) is 0 Å². The summed E-state index contributed by atoms with van der Waals surface area (Å²) >= 11 is 0. The van der Waals surface area contributed by atoms with Crippen molar-refractivity contribution in [1.29, 1.82) is 0 Å². The van der Waals surface area contributed by atoms with Crippen molar-refractivity contribution in [2.45, 2.75) is 20.8 Å². The van der Waals surface area contributed by atoms with Gasteiger partial charge in [-0.1, -0.05) is 20.8 Å². The first-order valence-electron chi connectivity index (χ1n) is 7.69. The van der Waals surface area contributed by atoms with Crippen LogP contribution in [0.25, 0.3) is 0 Å². The van der Waals surface area contributed by atoms with E-state index in [-0.39, 0.29) is 30.5 Å². The lowest BCUT2D eigenvalue weighted by Gasteiger charge is -2.27. The van der Waals surface area contributed by atoms with Crippen molar-refractivity contribution in [3.05, 3.63) is 23.8 Å². The Morgan fingerprint density at radius 2 is 1.87 bits per heavy atom. The summed E-state index contributed by atoms with van der Waals surface area (Å²) in [4.78, 5) is 26.1. The van der Waals surface area contributed by atoms with Crippen LogP contribution in [0, 0.1) is 11.8 Å². The fraction of sp³-hybridized carbons (Fsp3) is 0.529. The predicted molar refractivity (Wildman–Crippen MR) is 84.5 cm³/mol. The second kappa shape index (κ2) is 7.35. The number of hydrogen-bond acceptors (Lipinski definition) is 5. The van der Waals surface area contributed by atoms with E-state index in [2.05, 4.69) is 0 Å². The third kappa shape index (κ3) is 4.15. The maximum Gasteiger partial charge on any atom is 0.310 e. The molecule has 0 spiro atoms. The number of benzene rings is 1. The minimum atomic E-state index is -0.378. The molecule has 0 saturated heterocycles. The van der Waals surface area contributed by atoms with Gasteiger partial charge in [-0.2, -0.15) is 0 Å². The molecular weight excluding hydrogens is 298 g/mol. The van der Waals surface area contributed by atoms with Crippen molar-refractivity contribution in [3.8, 4) is 11.5 Å². The predicted octanol–water partition coefficient (Wildman–Crippen LogP) is 2.32. The number of nitrogens with zero attached hydrogens (tertiary/aromatic N) is 1. The van der Waals surface area contributed by atoms with Gasteiger partial charge < -0.3 is 19.1 Å². The number of amides is 1. The maximum absolute atomic E-state index is 12.8. The number of fused-ring (bicyclic) bond motifs is 1. The molecule has 0 aliphatic carbocycles. The van der Waals surface area contributed by atoms with Gasteiger partial charge in [-0.15, -0.1) is 0 Å². The molecule has 2 rings (SSSR count). The summed E-state index contributed by atoms with van der Waals surface area (Å²) in [5, 5.41) is 0. The number of carbonyl (C=O) groups excluding carboxylic acids is 2. The number of ether oxygens (including phenoxy) is 3. The summed E-state index contributed by atoms with van der Waals surface area (Å²) in [6, 6.07) is 5.12. The Labute approximate surface area is 136 Å². The first-order chi connectivity index (χ1) is 10.9. The molecule has 1 atom stereocenters. The van der Waals surface area contributed by atoms with E-state index >= 15 is 0 Å². The summed E-state index contributed by atoms with van der Waals surface area (Å²) in [7, 11) is 1.35. The van der Waals surface area contributed by atoms with Crippen molar-refractivity contribution in [1.82, 2.24) is 4.90 Å². The average Bonchev–Trinajstić information content (AvgIpc) is 2.99. The second-order valence-electron chi connectivity index (χ2n) is 6.10. The topological polar surface area (TPSA) is 65.1 Å². The van der Waals surface area contributed by atoms with Crippen LogP contribution in [0.15, 0.2) is 18.2 Å². The Kier molecular flexibility index (Phi) is 5.47. The van der Waals surface area contributed by atoms with Gasteiger partial charge in [-0.3, -0.25) is 9.59 Å². The highest BCUT2D eigenvalue weighted by Gasteiger charge is 2.24. The van der Waals surface area contributed by atoms with Gasteiger partial charge in [0.15, 0.2) is 11.5 Å². The van der Waals surface area contributed by atoms with E-state index in [1.807, 2.05) is 13.8 Å². The lowest BCUT2D eigenvalue weighted by atomic mass is 10.1. The van der Waals surface area contributed by atoms with Crippen molar-refractivity contribution >= 4 is 11.9 Å². The van der Waals surface area contributed by atoms with Crippen LogP contribution in [0.2, 0.25) is 0 Å². The standard InChI is InChI=1S/C17H23NO5/c1-11(2)8-18(9-12(3)17(20)21-4)16(19)13-5-6-14-15(7-13)23-10-22-14/h5-7,11-12H,8-10H2,1-4H3. The van der Waals surface area contributed by atoms with E-state index in [4.69, 9.17) is 14.2 Å². The van der Waals surface area contributed by atoms with Crippen LogP contribution in [0.5, 0.6) is 11.5 Å². The average molecular weight is 321 g/mol. The minimum Gasteiger partial charge on any atom is -0.469 e. The molecule has 6 nitrogen and oxygen atoms in total. The molecule has 0 N–H and O–H groups in total. The summed E-state index contributed by atoms with van der Waals surface area (Å²) in [5.41, 5.74) is 0.520. The van der Waals surface area contributed by atoms with Gasteiger partial charge in [0.05, 0.1) is 13.0 Å². The Morgan fingerprint density at radius 1 is 1.17 bits per heavy atom. The molecule has 0 aromatic heterocycles. The highest BCUT2D eigenvalue weighted by atomic mass is 16.7. The highest BCUT2D eigenvalue weighted by molar-refractivity contribution is 5.95. The Hall–Kier alpha value is -2.24. The molecule has 0 radical (unpaired) electrons. The van der Waals surface area contributed by atoms with E-state index in [0.29, 0.717) is 30.2 Å². The molecule has 1 aliphatic rings. The maximum atomic E-state index is 12.8. The molecule has 1 heterocycles. The summed E-state index contributed by atoms with van der Waals surface area (Å²) in [6.45, 7) is 6.87. The van der Waals surface area contributed by atoms with Crippen molar-refractivity contribution in [2.75, 3.05) is 27.0 Å². The molecule has 0 saturated carbocycles. The highest BCUT2D eigenvalue weighted by Crippen LogP contribution is 2.32. The smallest absolute Gasteiger partial charge is 0.310 e. The number of methoxy groups -OCH3 is 1. The molecule has 126 valence electrons. The van der Waals surface area contributed by atoms with E-state index in [0.717, 1.165) is 0 Å². The molecule has 0 bridgehead atoms. The molecule has 1 aliphatic heterocycles. The van der Waals surface area contributed by atoms with Crippen LogP contribution < -0.4 is 9.47 Å². The van der Waals surface area contributed by atoms with Crippen LogP contribution in [0.4, 0.5) is 0 Å². The van der Waals surface area contributed by atoms with Crippen molar-refractivity contribution in [2.24, 2.45) is 11.8 Å². The molecule has 1 amide bonds. The van der Waals surface area contributed by atoms with Gasteiger partial charge >= 0.3 is 5.97 Å². The molecule has 23 heavy (non-hydrogen) atoms. The van der Waals surface area contributed by atoms with Crippen LogP contribution in [-0.4, -0.2) is 43.8 Å². The zero-order chi connectivity index (χ0) is 17.0. The Balaban J connectivity index is 2.17. The first kappa shape index (κ1) is 17.1. The third-order valence-corrected chi connectivity index (χ3v) is 3.59. The summed E-state index contributed by atoms with van der Waals surface area (Å²) < 4.78 is 15.3. The quantitative estimate of drug-likeness (QED) is 0.752. The van der Waals surface area contributed by atoms with E-state index in [9.17, 15) is 9.59 Å². The first-order valence-corrected chi connectivity index (χ1v) is 7.69. The van der Waals surface area contributed by atoms with Crippen molar-refractivity contribution in [3.63, 3.8) is 0 Å². The van der Waals surface area contributed by atoms with Gasteiger partial charge in [0.2, 0.25) is 6.79 Å². The minimum absolute atomic E-state index is 0.132. The van der Waals surface area contributed by atoms with Gasteiger partial charge in [-0.05, 0) is 24.1 Å². The van der Waals surface area contributed by atoms with Crippen LogP contribution in [-0.2, 0) is 9.53 Å². The second-order valence-corrected chi connectivity index (χ2v) is 6.10. The number of carbonyl (C=O) groups is 2. The zero-order valence-corrected chi connectivity index (χ0v) is 14.0. The molecule has 1 aromatic carbocycles. The van der Waals surface area contributed by atoms with E-state index in [1.54, 1.807) is 30.0 Å². The van der Waals surface area contributed by atoms with E-state index in [1.165, 1.54) is 7.11 Å². The SMILES string of the molecule is COC(=O)C(C)CN(CC(C)C)C(=O)c1ccc2c(c1)OCO2. The largest absolute Gasteiger partial charge is 0.469 e. The third-order valence-electron chi connectivity index (χ3n) is 3.59. The van der Waals surface area contributed by atoms with Gasteiger partial charge in [0.1, 0.15) is 0 Å². The van der Waals surface area contributed by atoms with Crippen LogP contribution >= 0.6 is 0 Å². The fourth-order valence-electron chi connectivity index (χ4n) is 2.50. The van der Waals surface area contributed by atoms with Gasteiger partial charge in [0.25, 0.3) is 5.91 Å². The fourth-order valence-corrected chi connectivity index (χ4v) is 2.50. The van der Waals surface area contributed by atoms with Crippen LogP contribution in [0.1, 0.15) is 31.1 Å². The molecule has 0 fully saturated rings. The van der Waals surface area contributed by atoms with Gasteiger partial charge in [0, 0.05) is 18.7 Å². The summed E-state index contributed by atoms with van der Waals surface area (Å²) in [5.74, 6) is 0.667. The summed E-state index contributed by atoms with van der Waals surface area (Å²) in [6.07, 6.45) is 0.